The Morgan fingerprint density at radius 2 is 2.18 bits per heavy atom. The number of ether oxygens (including phenoxy) is 1. The molecule has 4 nitrogen and oxygen atoms in total. The van der Waals surface area contributed by atoms with Crippen LogP contribution in [0.5, 0.6) is 0 Å². The van der Waals surface area contributed by atoms with Crippen molar-refractivity contribution in [2.24, 2.45) is 5.92 Å². The number of H-pyrrole nitrogens is 1. The molecule has 0 spiro atoms. The molecule has 1 aliphatic rings. The molecule has 2 aromatic rings. The molecule has 0 radical (unpaired) electrons. The lowest BCUT2D eigenvalue weighted by Gasteiger charge is -2.06. The first-order chi connectivity index (χ1) is 10.6. The highest BCUT2D eigenvalue weighted by atomic mass is 16.5. The first-order valence-electron chi connectivity index (χ1n) is 8.10. The van der Waals surface area contributed by atoms with E-state index in [-0.39, 0.29) is 5.91 Å². The van der Waals surface area contributed by atoms with Crippen molar-refractivity contribution in [3.05, 3.63) is 35.0 Å². The van der Waals surface area contributed by atoms with Gasteiger partial charge in [0.2, 0.25) is 0 Å². The van der Waals surface area contributed by atoms with E-state index in [1.165, 1.54) is 18.4 Å². The third-order valence-electron chi connectivity index (χ3n) is 4.37. The van der Waals surface area contributed by atoms with E-state index in [9.17, 15) is 4.79 Å². The molecule has 1 saturated carbocycles. The minimum Gasteiger partial charge on any atom is -0.381 e. The molecule has 2 N–H and O–H groups in total. The van der Waals surface area contributed by atoms with Crippen LogP contribution in [0.1, 0.15) is 40.9 Å². The molecule has 22 heavy (non-hydrogen) atoms. The van der Waals surface area contributed by atoms with Crippen LogP contribution in [0.3, 0.4) is 0 Å². The number of aryl methyl sites for hydroxylation is 2. The average molecular weight is 300 g/mol. The zero-order chi connectivity index (χ0) is 15.5. The fourth-order valence-corrected chi connectivity index (χ4v) is 2.62. The Morgan fingerprint density at radius 3 is 2.95 bits per heavy atom. The van der Waals surface area contributed by atoms with Gasteiger partial charge in [-0.25, -0.2) is 0 Å². The maximum atomic E-state index is 12.2. The topological polar surface area (TPSA) is 54.1 Å². The van der Waals surface area contributed by atoms with Gasteiger partial charge in [-0.1, -0.05) is 0 Å². The number of fused-ring (bicyclic) bond motifs is 1. The van der Waals surface area contributed by atoms with Crippen LogP contribution >= 0.6 is 0 Å². The van der Waals surface area contributed by atoms with Gasteiger partial charge in [0.25, 0.3) is 5.91 Å². The van der Waals surface area contributed by atoms with Crippen LogP contribution in [0.4, 0.5) is 0 Å². The molecular weight excluding hydrogens is 276 g/mol. The molecule has 0 unspecified atom stereocenters. The number of rotatable bonds is 7. The van der Waals surface area contributed by atoms with Gasteiger partial charge in [0.1, 0.15) is 0 Å². The number of hydrogen-bond donors (Lipinski definition) is 2. The SMILES string of the molecule is Cc1[nH]c2ccc(C(=O)NCCCOCC3CC3)cc2c1C. The second kappa shape index (κ2) is 6.53. The zero-order valence-corrected chi connectivity index (χ0v) is 13.4. The minimum atomic E-state index is -0.0117. The molecular formula is C18H24N2O2. The Labute approximate surface area is 131 Å². The van der Waals surface area contributed by atoms with Crippen LogP contribution in [0.25, 0.3) is 10.9 Å². The van der Waals surface area contributed by atoms with Crippen molar-refractivity contribution in [2.75, 3.05) is 19.8 Å². The number of carbonyl (C=O) groups excluding carboxylic acids is 1. The summed E-state index contributed by atoms with van der Waals surface area (Å²) in [6, 6.07) is 5.81. The molecule has 4 heteroatoms. The molecule has 0 atom stereocenters. The van der Waals surface area contributed by atoms with Gasteiger partial charge in [0, 0.05) is 41.9 Å². The molecule has 1 aromatic carbocycles. The maximum absolute atomic E-state index is 12.2. The minimum absolute atomic E-state index is 0.0117. The number of aromatic nitrogens is 1. The molecule has 0 bridgehead atoms. The van der Waals surface area contributed by atoms with Crippen molar-refractivity contribution in [3.63, 3.8) is 0 Å². The Kier molecular flexibility index (Phi) is 4.48. The molecule has 0 saturated heterocycles. The summed E-state index contributed by atoms with van der Waals surface area (Å²) in [5, 5.41) is 4.09. The molecule has 1 fully saturated rings. The second-order valence-electron chi connectivity index (χ2n) is 6.26. The van der Waals surface area contributed by atoms with E-state index in [1.54, 1.807) is 0 Å². The van der Waals surface area contributed by atoms with E-state index >= 15 is 0 Å². The van der Waals surface area contributed by atoms with E-state index in [2.05, 4.69) is 24.1 Å². The lowest BCUT2D eigenvalue weighted by molar-refractivity contribution is 0.0937. The summed E-state index contributed by atoms with van der Waals surface area (Å²) in [6.07, 6.45) is 3.50. The van der Waals surface area contributed by atoms with E-state index in [1.807, 2.05) is 18.2 Å². The van der Waals surface area contributed by atoms with E-state index in [4.69, 9.17) is 4.74 Å². The Morgan fingerprint density at radius 1 is 1.36 bits per heavy atom. The molecule has 0 aliphatic heterocycles. The number of benzene rings is 1. The maximum Gasteiger partial charge on any atom is 0.251 e. The lowest BCUT2D eigenvalue weighted by atomic mass is 10.1. The van der Waals surface area contributed by atoms with Crippen molar-refractivity contribution in [1.29, 1.82) is 0 Å². The fraction of sp³-hybridized carbons (Fsp3) is 0.500. The third-order valence-corrected chi connectivity index (χ3v) is 4.37. The third kappa shape index (κ3) is 3.50. The molecule has 1 amide bonds. The number of hydrogen-bond acceptors (Lipinski definition) is 2. The van der Waals surface area contributed by atoms with Gasteiger partial charge < -0.3 is 15.0 Å². The Balaban J connectivity index is 1.49. The zero-order valence-electron chi connectivity index (χ0n) is 13.4. The Bertz CT molecular complexity index is 671. The highest BCUT2D eigenvalue weighted by Gasteiger charge is 2.20. The summed E-state index contributed by atoms with van der Waals surface area (Å²) in [4.78, 5) is 15.5. The van der Waals surface area contributed by atoms with Gasteiger partial charge in [0.05, 0.1) is 0 Å². The molecule has 1 aliphatic carbocycles. The summed E-state index contributed by atoms with van der Waals surface area (Å²) >= 11 is 0. The van der Waals surface area contributed by atoms with Gasteiger partial charge in [-0.3, -0.25) is 4.79 Å². The predicted octanol–water partition coefficient (Wildman–Crippen LogP) is 3.33. The fourth-order valence-electron chi connectivity index (χ4n) is 2.62. The number of amides is 1. The van der Waals surface area contributed by atoms with Crippen molar-refractivity contribution < 1.29 is 9.53 Å². The molecule has 1 aromatic heterocycles. The predicted molar refractivity (Wildman–Crippen MR) is 88.3 cm³/mol. The van der Waals surface area contributed by atoms with Gasteiger partial charge in [-0.05, 0) is 62.8 Å². The van der Waals surface area contributed by atoms with Crippen LogP contribution in [0.2, 0.25) is 0 Å². The van der Waals surface area contributed by atoms with Crippen molar-refractivity contribution >= 4 is 16.8 Å². The number of aromatic amines is 1. The Hall–Kier alpha value is -1.81. The van der Waals surface area contributed by atoms with Crippen LogP contribution < -0.4 is 5.32 Å². The van der Waals surface area contributed by atoms with Crippen LogP contribution in [0.15, 0.2) is 18.2 Å². The lowest BCUT2D eigenvalue weighted by Crippen LogP contribution is -2.25. The van der Waals surface area contributed by atoms with Gasteiger partial charge >= 0.3 is 0 Å². The molecule has 1 heterocycles. The highest BCUT2D eigenvalue weighted by Crippen LogP contribution is 2.28. The first-order valence-corrected chi connectivity index (χ1v) is 8.10. The standard InChI is InChI=1S/C18H24N2O2/c1-12-13(2)20-17-7-6-15(10-16(12)17)18(21)19-8-3-9-22-11-14-4-5-14/h6-7,10,14,20H,3-5,8-9,11H2,1-2H3,(H,19,21). The van der Waals surface area contributed by atoms with E-state index in [0.29, 0.717) is 12.1 Å². The summed E-state index contributed by atoms with van der Waals surface area (Å²) in [5.41, 5.74) is 4.16. The smallest absolute Gasteiger partial charge is 0.251 e. The normalized spacial score (nSPS) is 14.5. The average Bonchev–Trinajstić information content (AvgIpc) is 3.29. The van der Waals surface area contributed by atoms with Crippen molar-refractivity contribution in [2.45, 2.75) is 33.1 Å². The molecule has 3 rings (SSSR count). The van der Waals surface area contributed by atoms with Crippen molar-refractivity contribution in [3.8, 4) is 0 Å². The number of nitrogens with one attached hydrogen (secondary N) is 2. The van der Waals surface area contributed by atoms with Crippen LogP contribution in [-0.4, -0.2) is 30.6 Å². The summed E-state index contributed by atoms with van der Waals surface area (Å²) in [6.45, 7) is 6.40. The number of carbonyl (C=O) groups is 1. The summed E-state index contributed by atoms with van der Waals surface area (Å²) in [5.74, 6) is 0.789. The quantitative estimate of drug-likeness (QED) is 0.771. The second-order valence-corrected chi connectivity index (χ2v) is 6.26. The van der Waals surface area contributed by atoms with Gasteiger partial charge in [-0.2, -0.15) is 0 Å². The largest absolute Gasteiger partial charge is 0.381 e. The summed E-state index contributed by atoms with van der Waals surface area (Å²) < 4.78 is 5.57. The van der Waals surface area contributed by atoms with E-state index < -0.39 is 0 Å². The van der Waals surface area contributed by atoms with Gasteiger partial charge in [-0.15, -0.1) is 0 Å². The highest BCUT2D eigenvalue weighted by molar-refractivity contribution is 5.99. The monoisotopic (exact) mass is 300 g/mol. The van der Waals surface area contributed by atoms with Crippen LogP contribution in [-0.2, 0) is 4.74 Å². The van der Waals surface area contributed by atoms with Crippen LogP contribution in [0, 0.1) is 19.8 Å². The van der Waals surface area contributed by atoms with Gasteiger partial charge in [0.15, 0.2) is 0 Å². The summed E-state index contributed by atoms with van der Waals surface area (Å²) in [7, 11) is 0. The van der Waals surface area contributed by atoms with Crippen molar-refractivity contribution in [1.82, 2.24) is 10.3 Å². The van der Waals surface area contributed by atoms with E-state index in [0.717, 1.165) is 42.1 Å². The molecule has 118 valence electrons. The first kappa shape index (κ1) is 15.1.